The van der Waals surface area contributed by atoms with Crippen molar-refractivity contribution >= 4 is 27.6 Å². The third-order valence-electron chi connectivity index (χ3n) is 3.35. The van der Waals surface area contributed by atoms with Gasteiger partial charge in [-0.2, -0.15) is 0 Å². The second-order valence-corrected chi connectivity index (χ2v) is 4.94. The van der Waals surface area contributed by atoms with Crippen LogP contribution in [-0.2, 0) is 0 Å². The van der Waals surface area contributed by atoms with Gasteiger partial charge in [0.1, 0.15) is 5.82 Å². The van der Waals surface area contributed by atoms with E-state index >= 15 is 0 Å². The number of nitrogens with one attached hydrogen (secondary N) is 1. The molecular formula is C15H16N4. The summed E-state index contributed by atoms with van der Waals surface area (Å²) in [6.07, 6.45) is 1.79. The number of hydrogen-bond acceptors (Lipinski definition) is 4. The van der Waals surface area contributed by atoms with Crippen LogP contribution in [0, 0.1) is 0 Å². The van der Waals surface area contributed by atoms with E-state index in [9.17, 15) is 0 Å². The number of anilines is 1. The van der Waals surface area contributed by atoms with Crippen molar-refractivity contribution in [1.82, 2.24) is 9.97 Å². The molecule has 0 bridgehead atoms. The average molecular weight is 252 g/mol. The second kappa shape index (κ2) is 4.48. The molecule has 0 atom stereocenters. The molecule has 0 saturated carbocycles. The van der Waals surface area contributed by atoms with Crippen LogP contribution >= 0.6 is 0 Å². The molecule has 96 valence electrons. The van der Waals surface area contributed by atoms with E-state index in [4.69, 9.17) is 5.84 Å². The molecule has 0 aliphatic rings. The number of hydrogen-bond donors (Lipinski definition) is 2. The highest BCUT2D eigenvalue weighted by molar-refractivity contribution is 6.03. The Hall–Kier alpha value is -2.20. The van der Waals surface area contributed by atoms with Gasteiger partial charge < -0.3 is 5.43 Å². The van der Waals surface area contributed by atoms with Crippen LogP contribution in [0.3, 0.4) is 0 Å². The Morgan fingerprint density at radius 1 is 1.11 bits per heavy atom. The van der Waals surface area contributed by atoms with Crippen molar-refractivity contribution in [2.45, 2.75) is 19.8 Å². The Kier molecular flexibility index (Phi) is 2.80. The number of fused-ring (bicyclic) bond motifs is 3. The van der Waals surface area contributed by atoms with Crippen molar-refractivity contribution in [3.8, 4) is 0 Å². The minimum Gasteiger partial charge on any atom is -0.308 e. The highest BCUT2D eigenvalue weighted by Crippen LogP contribution is 2.29. The number of nitrogen functional groups attached to an aromatic ring is 1. The van der Waals surface area contributed by atoms with Gasteiger partial charge in [-0.3, -0.25) is 4.98 Å². The lowest BCUT2D eigenvalue weighted by molar-refractivity contribution is 0.862. The molecule has 0 fully saturated rings. The highest BCUT2D eigenvalue weighted by Gasteiger charge is 2.11. The van der Waals surface area contributed by atoms with Crippen LogP contribution in [0.15, 0.2) is 36.5 Å². The molecule has 0 spiro atoms. The largest absolute Gasteiger partial charge is 0.308 e. The summed E-state index contributed by atoms with van der Waals surface area (Å²) in [6, 6.07) is 10.3. The zero-order valence-corrected chi connectivity index (χ0v) is 11.0. The second-order valence-electron chi connectivity index (χ2n) is 4.94. The van der Waals surface area contributed by atoms with Gasteiger partial charge in [-0.25, -0.2) is 10.8 Å². The number of nitrogens with two attached hydrogens (primary N) is 1. The van der Waals surface area contributed by atoms with Crippen LogP contribution in [0.2, 0.25) is 0 Å². The third kappa shape index (κ3) is 1.90. The molecule has 0 saturated heterocycles. The summed E-state index contributed by atoms with van der Waals surface area (Å²) in [5, 5.41) is 2.18. The van der Waals surface area contributed by atoms with Crippen molar-refractivity contribution in [2.75, 3.05) is 5.43 Å². The standard InChI is InChI=1S/C15H16N4/c1-9(2)12-8-11-6-5-10-4-3-7-17-13(10)14(11)18-15(12)19-16/h3-9H,16H2,1-2H3,(H,18,19). The molecule has 2 heterocycles. The van der Waals surface area contributed by atoms with Gasteiger partial charge in [0.25, 0.3) is 0 Å². The first kappa shape index (κ1) is 11.9. The number of benzene rings is 1. The van der Waals surface area contributed by atoms with Crippen LogP contribution < -0.4 is 11.3 Å². The summed E-state index contributed by atoms with van der Waals surface area (Å²) in [5.41, 5.74) is 5.60. The van der Waals surface area contributed by atoms with Gasteiger partial charge in [-0.15, -0.1) is 0 Å². The summed E-state index contributed by atoms with van der Waals surface area (Å²) in [5.74, 6) is 6.68. The summed E-state index contributed by atoms with van der Waals surface area (Å²) in [6.45, 7) is 4.26. The number of rotatable bonds is 2. The van der Waals surface area contributed by atoms with Crippen LogP contribution in [0.1, 0.15) is 25.3 Å². The Morgan fingerprint density at radius 3 is 2.63 bits per heavy atom. The van der Waals surface area contributed by atoms with Crippen molar-refractivity contribution in [3.63, 3.8) is 0 Å². The van der Waals surface area contributed by atoms with Gasteiger partial charge in [-0.1, -0.05) is 32.0 Å². The summed E-state index contributed by atoms with van der Waals surface area (Å²) in [7, 11) is 0. The van der Waals surface area contributed by atoms with Gasteiger partial charge in [-0.05, 0) is 23.6 Å². The number of aromatic nitrogens is 2. The predicted octanol–water partition coefficient (Wildman–Crippen LogP) is 3.19. The molecule has 3 rings (SSSR count). The Balaban J connectivity index is 2.41. The number of hydrazine groups is 1. The van der Waals surface area contributed by atoms with Crippen molar-refractivity contribution in [1.29, 1.82) is 0 Å². The maximum atomic E-state index is 5.59. The fourth-order valence-electron chi connectivity index (χ4n) is 2.35. The van der Waals surface area contributed by atoms with Crippen molar-refractivity contribution in [2.24, 2.45) is 5.84 Å². The molecule has 3 aromatic rings. The molecule has 4 heteroatoms. The predicted molar refractivity (Wildman–Crippen MR) is 78.9 cm³/mol. The van der Waals surface area contributed by atoms with Crippen LogP contribution in [0.25, 0.3) is 21.8 Å². The monoisotopic (exact) mass is 252 g/mol. The highest BCUT2D eigenvalue weighted by atomic mass is 15.2. The van der Waals surface area contributed by atoms with Gasteiger partial charge in [0.15, 0.2) is 0 Å². The first-order valence-electron chi connectivity index (χ1n) is 6.35. The molecule has 1 aromatic carbocycles. The first-order chi connectivity index (χ1) is 9.20. The van der Waals surface area contributed by atoms with E-state index in [1.807, 2.05) is 12.1 Å². The Bertz CT molecular complexity index is 750. The zero-order valence-electron chi connectivity index (χ0n) is 11.0. The molecule has 0 aliphatic heterocycles. The van der Waals surface area contributed by atoms with Crippen molar-refractivity contribution < 1.29 is 0 Å². The normalized spacial score (nSPS) is 11.4. The fourth-order valence-corrected chi connectivity index (χ4v) is 2.35. The zero-order chi connectivity index (χ0) is 13.4. The SMILES string of the molecule is CC(C)c1cc2ccc3cccnc3c2nc1NN. The molecule has 3 N–H and O–H groups in total. The van der Waals surface area contributed by atoms with E-state index in [1.54, 1.807) is 6.20 Å². The van der Waals surface area contributed by atoms with Gasteiger partial charge in [0, 0.05) is 17.0 Å². The van der Waals surface area contributed by atoms with E-state index in [0.717, 1.165) is 33.2 Å². The van der Waals surface area contributed by atoms with E-state index < -0.39 is 0 Å². The minimum absolute atomic E-state index is 0.363. The van der Waals surface area contributed by atoms with E-state index in [2.05, 4.69) is 47.4 Å². The molecule has 0 aliphatic carbocycles. The molecule has 0 amide bonds. The Labute approximate surface area is 111 Å². The first-order valence-corrected chi connectivity index (χ1v) is 6.35. The maximum absolute atomic E-state index is 5.59. The summed E-state index contributed by atoms with van der Waals surface area (Å²) in [4.78, 5) is 9.07. The number of pyridine rings is 2. The number of nitrogens with zero attached hydrogens (tertiary/aromatic N) is 2. The maximum Gasteiger partial charge on any atom is 0.144 e. The summed E-state index contributed by atoms with van der Waals surface area (Å²) < 4.78 is 0. The van der Waals surface area contributed by atoms with Gasteiger partial charge >= 0.3 is 0 Å². The van der Waals surface area contributed by atoms with Crippen LogP contribution in [-0.4, -0.2) is 9.97 Å². The lowest BCUT2D eigenvalue weighted by atomic mass is 10.0. The van der Waals surface area contributed by atoms with E-state index in [-0.39, 0.29) is 0 Å². The molecule has 0 radical (unpaired) electrons. The third-order valence-corrected chi connectivity index (χ3v) is 3.35. The average Bonchev–Trinajstić information content (AvgIpc) is 2.45. The lowest BCUT2D eigenvalue weighted by Gasteiger charge is -2.13. The van der Waals surface area contributed by atoms with Crippen LogP contribution in [0.5, 0.6) is 0 Å². The van der Waals surface area contributed by atoms with E-state index in [1.165, 1.54) is 0 Å². The molecule has 19 heavy (non-hydrogen) atoms. The minimum atomic E-state index is 0.363. The topological polar surface area (TPSA) is 63.8 Å². The smallest absolute Gasteiger partial charge is 0.144 e. The van der Waals surface area contributed by atoms with Gasteiger partial charge in [0.2, 0.25) is 0 Å². The lowest BCUT2D eigenvalue weighted by Crippen LogP contribution is -2.12. The molecule has 2 aromatic heterocycles. The van der Waals surface area contributed by atoms with Gasteiger partial charge in [0.05, 0.1) is 11.0 Å². The molecular weight excluding hydrogens is 236 g/mol. The molecule has 4 nitrogen and oxygen atoms in total. The van der Waals surface area contributed by atoms with Crippen LogP contribution in [0.4, 0.5) is 5.82 Å². The van der Waals surface area contributed by atoms with Crippen molar-refractivity contribution in [3.05, 3.63) is 42.1 Å². The fraction of sp³-hybridized carbons (Fsp3) is 0.200. The quantitative estimate of drug-likeness (QED) is 0.417. The van der Waals surface area contributed by atoms with E-state index in [0.29, 0.717) is 5.92 Å². The molecule has 0 unspecified atom stereocenters. The summed E-state index contributed by atoms with van der Waals surface area (Å²) >= 11 is 0. The Morgan fingerprint density at radius 2 is 1.89 bits per heavy atom.